The van der Waals surface area contributed by atoms with Crippen LogP contribution in [0.15, 0.2) is 23.0 Å². The third-order valence-electron chi connectivity index (χ3n) is 4.39. The van der Waals surface area contributed by atoms with E-state index in [1.807, 2.05) is 12.1 Å². The molecule has 1 aliphatic heterocycles. The molecular weight excluding hydrogens is 308 g/mol. The topological polar surface area (TPSA) is 78.2 Å². The first-order valence-electron chi connectivity index (χ1n) is 8.04. The van der Waals surface area contributed by atoms with Crippen molar-refractivity contribution in [3.05, 3.63) is 51.2 Å². The molecule has 7 heteroatoms. The Bertz CT molecular complexity index is 822. The number of carbonyl (C=O) groups is 1. The highest BCUT2D eigenvalue weighted by atomic mass is 16.5. The van der Waals surface area contributed by atoms with Crippen molar-refractivity contribution in [1.82, 2.24) is 19.7 Å². The van der Waals surface area contributed by atoms with Gasteiger partial charge >= 0.3 is 5.69 Å². The molecule has 24 heavy (non-hydrogen) atoms. The molecule has 1 aliphatic rings. The summed E-state index contributed by atoms with van der Waals surface area (Å²) in [7, 11) is 1.60. The first-order valence-corrected chi connectivity index (χ1v) is 8.04. The molecule has 1 unspecified atom stereocenters. The number of benzene rings is 1. The van der Waals surface area contributed by atoms with Crippen molar-refractivity contribution < 1.29 is 9.53 Å². The lowest BCUT2D eigenvalue weighted by atomic mass is 10.1. The molecule has 7 nitrogen and oxygen atoms in total. The quantitative estimate of drug-likeness (QED) is 0.906. The maximum absolute atomic E-state index is 12.2. The van der Waals surface area contributed by atoms with Gasteiger partial charge in [-0.25, -0.2) is 9.48 Å². The van der Waals surface area contributed by atoms with E-state index in [0.29, 0.717) is 25.5 Å². The summed E-state index contributed by atoms with van der Waals surface area (Å²) in [6.07, 6.45) is -0.325. The fraction of sp³-hybridized carbons (Fsp3) is 0.471. The summed E-state index contributed by atoms with van der Waals surface area (Å²) in [6.45, 7) is 5.47. The maximum Gasteiger partial charge on any atom is 0.345 e. The molecule has 128 valence electrons. The van der Waals surface area contributed by atoms with E-state index in [1.165, 1.54) is 15.8 Å². The summed E-state index contributed by atoms with van der Waals surface area (Å²) in [5, 5.41) is 7.09. The van der Waals surface area contributed by atoms with Gasteiger partial charge < -0.3 is 10.1 Å². The molecule has 3 rings (SSSR count). The highest BCUT2D eigenvalue weighted by Crippen LogP contribution is 2.22. The lowest BCUT2D eigenvalue weighted by molar-refractivity contribution is -0.125. The highest BCUT2D eigenvalue weighted by Gasteiger charge is 2.27. The van der Waals surface area contributed by atoms with Gasteiger partial charge in [0.25, 0.3) is 0 Å². The number of hydrogen-bond donors (Lipinski definition) is 1. The van der Waals surface area contributed by atoms with E-state index >= 15 is 0 Å². The minimum atomic E-state index is -0.479. The molecule has 0 saturated heterocycles. The normalized spacial score (nSPS) is 16.7. The number of fused-ring (bicyclic) bond motifs is 1. The summed E-state index contributed by atoms with van der Waals surface area (Å²) in [5.74, 6) is 0.403. The van der Waals surface area contributed by atoms with Gasteiger partial charge in [0, 0.05) is 13.6 Å². The molecule has 2 heterocycles. The van der Waals surface area contributed by atoms with Crippen LogP contribution < -0.4 is 11.0 Å². The Morgan fingerprint density at radius 1 is 1.38 bits per heavy atom. The predicted octanol–water partition coefficient (Wildman–Crippen LogP) is 0.976. The zero-order valence-electron chi connectivity index (χ0n) is 14.2. The Balaban J connectivity index is 1.63. The summed E-state index contributed by atoms with van der Waals surface area (Å²) >= 11 is 0. The molecule has 0 fully saturated rings. The van der Waals surface area contributed by atoms with Gasteiger partial charge in [0.15, 0.2) is 5.82 Å². The van der Waals surface area contributed by atoms with Crippen molar-refractivity contribution in [2.24, 2.45) is 7.05 Å². The van der Waals surface area contributed by atoms with Crippen molar-refractivity contribution in [2.45, 2.75) is 39.5 Å². The van der Waals surface area contributed by atoms with Crippen molar-refractivity contribution >= 4 is 5.91 Å². The molecule has 1 aromatic carbocycles. The molecule has 1 amide bonds. The van der Waals surface area contributed by atoms with Gasteiger partial charge in [-0.05, 0) is 30.5 Å². The van der Waals surface area contributed by atoms with Crippen LogP contribution in [0.2, 0.25) is 0 Å². The van der Waals surface area contributed by atoms with Crippen LogP contribution in [-0.2, 0) is 29.7 Å². The average Bonchev–Trinajstić information content (AvgIpc) is 2.85. The van der Waals surface area contributed by atoms with Gasteiger partial charge in [-0.15, -0.1) is 0 Å². The van der Waals surface area contributed by atoms with E-state index in [2.05, 4.69) is 30.3 Å². The van der Waals surface area contributed by atoms with Gasteiger partial charge in [0.2, 0.25) is 5.91 Å². The molecule has 2 aromatic rings. The average molecular weight is 330 g/mol. The second-order valence-corrected chi connectivity index (χ2v) is 6.17. The second kappa shape index (κ2) is 6.60. The first-order chi connectivity index (χ1) is 11.5. The van der Waals surface area contributed by atoms with Gasteiger partial charge in [0.05, 0.1) is 19.6 Å². The van der Waals surface area contributed by atoms with Gasteiger partial charge in [-0.3, -0.25) is 9.36 Å². The van der Waals surface area contributed by atoms with Crippen LogP contribution >= 0.6 is 0 Å². The zero-order valence-corrected chi connectivity index (χ0v) is 14.2. The number of nitrogens with one attached hydrogen (secondary N) is 1. The standard InChI is InChI=1S/C17H22N4O3/c1-11-4-5-13(8-12(11)2)10-18-15(22)9-14-16-19-20(3)17(23)21(16)6-7-24-14/h4-5,8,14H,6-7,9-10H2,1-3H3,(H,18,22). The molecule has 0 radical (unpaired) electrons. The molecule has 0 spiro atoms. The Hall–Kier alpha value is -2.41. The van der Waals surface area contributed by atoms with Gasteiger partial charge in [0.1, 0.15) is 6.10 Å². The zero-order chi connectivity index (χ0) is 17.3. The number of hydrogen-bond acceptors (Lipinski definition) is 4. The van der Waals surface area contributed by atoms with Crippen molar-refractivity contribution in [1.29, 1.82) is 0 Å². The van der Waals surface area contributed by atoms with Crippen LogP contribution in [0, 0.1) is 13.8 Å². The number of nitrogens with zero attached hydrogens (tertiary/aromatic N) is 3. The third kappa shape index (κ3) is 3.26. The van der Waals surface area contributed by atoms with Crippen molar-refractivity contribution in [2.75, 3.05) is 6.61 Å². The monoisotopic (exact) mass is 330 g/mol. The lowest BCUT2D eigenvalue weighted by Crippen LogP contribution is -2.32. The smallest absolute Gasteiger partial charge is 0.345 e. The predicted molar refractivity (Wildman–Crippen MR) is 88.5 cm³/mol. The van der Waals surface area contributed by atoms with Gasteiger partial charge in [-0.2, -0.15) is 5.10 Å². The molecule has 0 saturated carbocycles. The van der Waals surface area contributed by atoms with Crippen LogP contribution in [-0.4, -0.2) is 26.9 Å². The van der Waals surface area contributed by atoms with E-state index in [-0.39, 0.29) is 18.0 Å². The molecular formula is C17H22N4O3. The first kappa shape index (κ1) is 16.4. The largest absolute Gasteiger partial charge is 0.368 e. The Kier molecular flexibility index (Phi) is 4.53. The Morgan fingerprint density at radius 2 is 2.17 bits per heavy atom. The van der Waals surface area contributed by atoms with E-state index < -0.39 is 6.10 Å². The number of aryl methyl sites for hydroxylation is 3. The van der Waals surface area contributed by atoms with E-state index in [4.69, 9.17) is 4.74 Å². The fourth-order valence-electron chi connectivity index (χ4n) is 2.84. The minimum Gasteiger partial charge on any atom is -0.368 e. The second-order valence-electron chi connectivity index (χ2n) is 6.17. The highest BCUT2D eigenvalue weighted by molar-refractivity contribution is 5.76. The van der Waals surface area contributed by atoms with Crippen LogP contribution in [0.4, 0.5) is 0 Å². The van der Waals surface area contributed by atoms with E-state index in [9.17, 15) is 9.59 Å². The SMILES string of the molecule is Cc1ccc(CNC(=O)CC2OCCn3c2nn(C)c3=O)cc1C. The van der Waals surface area contributed by atoms with E-state index in [1.54, 1.807) is 11.6 Å². The molecule has 1 atom stereocenters. The van der Waals surface area contributed by atoms with Crippen molar-refractivity contribution in [3.8, 4) is 0 Å². The molecule has 0 bridgehead atoms. The number of ether oxygens (including phenoxy) is 1. The third-order valence-corrected chi connectivity index (χ3v) is 4.39. The lowest BCUT2D eigenvalue weighted by Gasteiger charge is -2.22. The molecule has 1 aromatic heterocycles. The van der Waals surface area contributed by atoms with E-state index in [0.717, 1.165) is 5.56 Å². The van der Waals surface area contributed by atoms with Gasteiger partial charge in [-0.1, -0.05) is 18.2 Å². The summed E-state index contributed by atoms with van der Waals surface area (Å²) < 4.78 is 8.49. The van der Waals surface area contributed by atoms with Crippen LogP contribution in [0.1, 0.15) is 35.0 Å². The number of aromatic nitrogens is 3. The molecule has 1 N–H and O–H groups in total. The summed E-state index contributed by atoms with van der Waals surface area (Å²) in [6, 6.07) is 6.13. The molecule has 0 aliphatic carbocycles. The fourth-order valence-corrected chi connectivity index (χ4v) is 2.84. The van der Waals surface area contributed by atoms with Crippen LogP contribution in [0.5, 0.6) is 0 Å². The van der Waals surface area contributed by atoms with Crippen molar-refractivity contribution in [3.63, 3.8) is 0 Å². The number of amides is 1. The van der Waals surface area contributed by atoms with Crippen LogP contribution in [0.3, 0.4) is 0 Å². The summed E-state index contributed by atoms with van der Waals surface area (Å²) in [4.78, 5) is 24.1. The van der Waals surface area contributed by atoms with Crippen LogP contribution in [0.25, 0.3) is 0 Å². The minimum absolute atomic E-state index is 0.121. The number of rotatable bonds is 4. The Morgan fingerprint density at radius 3 is 2.92 bits per heavy atom. The maximum atomic E-state index is 12.2. The Labute approximate surface area is 140 Å². The number of carbonyl (C=O) groups excluding carboxylic acids is 1. The summed E-state index contributed by atoms with van der Waals surface area (Å²) in [5.41, 5.74) is 3.32.